The third-order valence-electron chi connectivity index (χ3n) is 3.64. The smallest absolute Gasteiger partial charge is 0.250 e. The predicted octanol–water partition coefficient (Wildman–Crippen LogP) is 3.27. The summed E-state index contributed by atoms with van der Waals surface area (Å²) >= 11 is 0. The fraction of sp³-hybridized carbons (Fsp3) is 0.588. The lowest BCUT2D eigenvalue weighted by Crippen LogP contribution is -2.29. The van der Waals surface area contributed by atoms with Crippen LogP contribution in [0.2, 0.25) is 0 Å². The Morgan fingerprint density at radius 3 is 2.05 bits per heavy atom. The van der Waals surface area contributed by atoms with E-state index in [0.29, 0.717) is 23.1 Å². The molecule has 0 bridgehead atoms. The zero-order valence-electron chi connectivity index (χ0n) is 13.7. The highest BCUT2D eigenvalue weighted by atomic mass is 16.1. The maximum Gasteiger partial charge on any atom is 0.250 e. The van der Waals surface area contributed by atoms with Crippen LogP contribution in [0.4, 0.5) is 11.4 Å². The number of carbonyl (C=O) groups excluding carboxylic acids is 1. The largest absolute Gasteiger partial charge is 0.396 e. The van der Waals surface area contributed by atoms with Crippen molar-refractivity contribution in [1.82, 2.24) is 0 Å². The van der Waals surface area contributed by atoms with Gasteiger partial charge in [0.15, 0.2) is 0 Å². The first-order valence-corrected chi connectivity index (χ1v) is 7.76. The van der Waals surface area contributed by atoms with Crippen molar-refractivity contribution in [2.75, 3.05) is 23.7 Å². The van der Waals surface area contributed by atoms with Crippen LogP contribution in [0.3, 0.4) is 0 Å². The molecule has 4 heteroatoms. The molecule has 0 saturated heterocycles. The van der Waals surface area contributed by atoms with E-state index in [1.54, 1.807) is 6.07 Å². The molecule has 0 aliphatic rings. The lowest BCUT2D eigenvalue weighted by molar-refractivity contribution is 0.100. The van der Waals surface area contributed by atoms with Gasteiger partial charge in [0.05, 0.1) is 16.9 Å². The van der Waals surface area contributed by atoms with Crippen molar-refractivity contribution in [3.8, 4) is 0 Å². The van der Waals surface area contributed by atoms with Crippen LogP contribution < -0.4 is 16.4 Å². The molecule has 0 aromatic heterocycles. The van der Waals surface area contributed by atoms with Crippen LogP contribution in [-0.2, 0) is 0 Å². The van der Waals surface area contributed by atoms with Gasteiger partial charge < -0.3 is 16.4 Å². The lowest BCUT2D eigenvalue weighted by Gasteiger charge is -2.28. The summed E-state index contributed by atoms with van der Waals surface area (Å²) in [5, 5.41) is 0. The summed E-state index contributed by atoms with van der Waals surface area (Å²) < 4.78 is 0. The van der Waals surface area contributed by atoms with Crippen molar-refractivity contribution in [2.24, 2.45) is 17.6 Å². The summed E-state index contributed by atoms with van der Waals surface area (Å²) in [6.45, 7) is 10.7. The van der Waals surface area contributed by atoms with Gasteiger partial charge in [0.25, 0.3) is 5.91 Å². The summed E-state index contributed by atoms with van der Waals surface area (Å²) in [4.78, 5) is 13.7. The summed E-state index contributed by atoms with van der Waals surface area (Å²) in [5.74, 6) is 0.793. The zero-order valence-corrected chi connectivity index (χ0v) is 13.7. The van der Waals surface area contributed by atoms with Crippen LogP contribution in [-0.4, -0.2) is 19.0 Å². The maximum absolute atomic E-state index is 11.5. The fourth-order valence-electron chi connectivity index (χ4n) is 2.22. The first-order chi connectivity index (χ1) is 9.82. The topological polar surface area (TPSA) is 72.3 Å². The highest BCUT2D eigenvalue weighted by molar-refractivity contribution is 6.00. The second-order valence-electron chi connectivity index (χ2n) is 6.45. The molecule has 0 fully saturated rings. The van der Waals surface area contributed by atoms with Crippen LogP contribution in [0.25, 0.3) is 0 Å². The highest BCUT2D eigenvalue weighted by Crippen LogP contribution is 2.27. The van der Waals surface area contributed by atoms with Gasteiger partial charge in [-0.25, -0.2) is 0 Å². The van der Waals surface area contributed by atoms with Crippen molar-refractivity contribution in [3.63, 3.8) is 0 Å². The Morgan fingerprint density at radius 2 is 1.62 bits per heavy atom. The van der Waals surface area contributed by atoms with Crippen molar-refractivity contribution >= 4 is 17.3 Å². The molecule has 0 aliphatic carbocycles. The molecule has 0 heterocycles. The van der Waals surface area contributed by atoms with E-state index >= 15 is 0 Å². The molecule has 1 aromatic carbocycles. The van der Waals surface area contributed by atoms with Gasteiger partial charge in [-0.15, -0.1) is 0 Å². The Balaban J connectivity index is 3.00. The van der Waals surface area contributed by atoms with Gasteiger partial charge >= 0.3 is 0 Å². The summed E-state index contributed by atoms with van der Waals surface area (Å²) in [6.07, 6.45) is 2.19. The van der Waals surface area contributed by atoms with Crippen molar-refractivity contribution < 1.29 is 4.79 Å². The number of benzene rings is 1. The number of hydrogen-bond acceptors (Lipinski definition) is 3. The van der Waals surface area contributed by atoms with E-state index in [1.165, 1.54) is 0 Å². The Labute approximate surface area is 128 Å². The molecule has 118 valence electrons. The first kappa shape index (κ1) is 17.3. The Kier molecular flexibility index (Phi) is 6.53. The molecule has 0 aliphatic heterocycles. The minimum absolute atomic E-state index is 0.409. The summed E-state index contributed by atoms with van der Waals surface area (Å²) in [5.41, 5.74) is 13.4. The molecule has 0 unspecified atom stereocenters. The average Bonchev–Trinajstić information content (AvgIpc) is 2.39. The lowest BCUT2D eigenvalue weighted by atomic mass is 10.1. The van der Waals surface area contributed by atoms with Gasteiger partial charge in [-0.1, -0.05) is 33.8 Å². The molecule has 0 radical (unpaired) electrons. The Morgan fingerprint density at radius 1 is 1.10 bits per heavy atom. The average molecular weight is 291 g/mol. The monoisotopic (exact) mass is 291 g/mol. The van der Waals surface area contributed by atoms with Gasteiger partial charge in [0.2, 0.25) is 0 Å². The Bertz CT molecular complexity index is 457. The van der Waals surface area contributed by atoms with Gasteiger partial charge in [0, 0.05) is 13.1 Å². The van der Waals surface area contributed by atoms with E-state index < -0.39 is 5.91 Å². The standard InChI is InChI=1S/C17H29N3O/c1-12(2)8-10-20(11-9-13(3)4)15-7-5-6-14(16(15)18)17(19)21/h5-7,12-13H,8-11,18H2,1-4H3,(H2,19,21). The molecule has 1 amide bonds. The van der Waals surface area contributed by atoms with E-state index in [-0.39, 0.29) is 0 Å². The highest BCUT2D eigenvalue weighted by Gasteiger charge is 2.15. The molecular formula is C17H29N3O. The number of rotatable bonds is 8. The van der Waals surface area contributed by atoms with E-state index in [2.05, 4.69) is 32.6 Å². The van der Waals surface area contributed by atoms with E-state index in [9.17, 15) is 4.79 Å². The minimum Gasteiger partial charge on any atom is -0.396 e. The molecule has 0 spiro atoms. The number of carbonyl (C=O) groups is 1. The van der Waals surface area contributed by atoms with Crippen LogP contribution in [0, 0.1) is 11.8 Å². The zero-order chi connectivity index (χ0) is 16.0. The normalized spacial score (nSPS) is 11.1. The van der Waals surface area contributed by atoms with Gasteiger partial charge in [-0.3, -0.25) is 4.79 Å². The van der Waals surface area contributed by atoms with Crippen LogP contribution in [0.15, 0.2) is 18.2 Å². The van der Waals surface area contributed by atoms with Crippen LogP contribution >= 0.6 is 0 Å². The van der Waals surface area contributed by atoms with Crippen molar-refractivity contribution in [3.05, 3.63) is 23.8 Å². The first-order valence-electron chi connectivity index (χ1n) is 7.76. The Hall–Kier alpha value is -1.71. The third kappa shape index (κ3) is 5.29. The quantitative estimate of drug-likeness (QED) is 0.722. The van der Waals surface area contributed by atoms with Gasteiger partial charge in [-0.05, 0) is 36.8 Å². The van der Waals surface area contributed by atoms with Crippen molar-refractivity contribution in [1.29, 1.82) is 0 Å². The van der Waals surface area contributed by atoms with Gasteiger partial charge in [-0.2, -0.15) is 0 Å². The van der Waals surface area contributed by atoms with Crippen molar-refractivity contribution in [2.45, 2.75) is 40.5 Å². The second kappa shape index (κ2) is 7.91. The number of nitrogen functional groups attached to an aromatic ring is 1. The summed E-state index contributed by atoms with van der Waals surface area (Å²) in [6, 6.07) is 5.51. The molecule has 0 atom stereocenters. The number of primary amides is 1. The van der Waals surface area contributed by atoms with E-state index in [0.717, 1.165) is 31.6 Å². The van der Waals surface area contributed by atoms with Crippen LogP contribution in [0.5, 0.6) is 0 Å². The number of amides is 1. The van der Waals surface area contributed by atoms with Gasteiger partial charge in [0.1, 0.15) is 0 Å². The number of nitrogens with two attached hydrogens (primary N) is 2. The second-order valence-corrected chi connectivity index (χ2v) is 6.45. The SMILES string of the molecule is CC(C)CCN(CCC(C)C)c1cccc(C(N)=O)c1N. The minimum atomic E-state index is -0.470. The predicted molar refractivity (Wildman–Crippen MR) is 90.5 cm³/mol. The molecular weight excluding hydrogens is 262 g/mol. The summed E-state index contributed by atoms with van der Waals surface area (Å²) in [7, 11) is 0. The van der Waals surface area contributed by atoms with E-state index in [1.807, 2.05) is 12.1 Å². The third-order valence-corrected chi connectivity index (χ3v) is 3.64. The molecule has 1 rings (SSSR count). The molecule has 1 aromatic rings. The fourth-order valence-corrected chi connectivity index (χ4v) is 2.22. The molecule has 4 nitrogen and oxygen atoms in total. The van der Waals surface area contributed by atoms with E-state index in [4.69, 9.17) is 11.5 Å². The molecule has 4 N–H and O–H groups in total. The number of nitrogens with zero attached hydrogens (tertiary/aromatic N) is 1. The number of para-hydroxylation sites is 1. The number of hydrogen-bond donors (Lipinski definition) is 2. The van der Waals surface area contributed by atoms with Crippen LogP contribution in [0.1, 0.15) is 50.9 Å². The maximum atomic E-state index is 11.5. The molecule has 21 heavy (non-hydrogen) atoms. The number of anilines is 2. The molecule has 0 saturated carbocycles.